The molecular formula is C22H23FN4O2. The number of para-hydroxylation sites is 1. The molecule has 0 saturated heterocycles. The van der Waals surface area contributed by atoms with Gasteiger partial charge in [0, 0.05) is 19.3 Å². The Kier molecular flexibility index (Phi) is 7.10. The van der Waals surface area contributed by atoms with Gasteiger partial charge >= 0.3 is 0 Å². The Balaban J connectivity index is 1.49. The molecule has 1 aromatic heterocycles. The molecule has 29 heavy (non-hydrogen) atoms. The van der Waals surface area contributed by atoms with E-state index in [9.17, 15) is 9.18 Å². The number of hydrogen-bond donors (Lipinski definition) is 2. The summed E-state index contributed by atoms with van der Waals surface area (Å²) in [7, 11) is 1.65. The summed E-state index contributed by atoms with van der Waals surface area (Å²) in [6.07, 6.45) is 2.90. The Labute approximate surface area is 169 Å². The summed E-state index contributed by atoms with van der Waals surface area (Å²) in [6, 6.07) is 15.6. The van der Waals surface area contributed by atoms with Crippen LogP contribution in [0, 0.1) is 5.82 Å². The Morgan fingerprint density at radius 3 is 2.62 bits per heavy atom. The standard InChI is InChI=1S/C22H23FN4O2/c1-29-20-5-3-2-4-17(20)11-14-25-22-26-15-12-19(27-22)21(28)24-13-10-16-6-8-18(23)9-7-16/h2-9,12,15H,10-11,13-14H2,1H3,(H,24,28)(H,25,26,27). The van der Waals surface area contributed by atoms with E-state index in [1.807, 2.05) is 24.3 Å². The molecule has 0 fully saturated rings. The zero-order valence-electron chi connectivity index (χ0n) is 16.2. The van der Waals surface area contributed by atoms with Crippen molar-refractivity contribution < 1.29 is 13.9 Å². The average Bonchev–Trinajstić information content (AvgIpc) is 2.75. The van der Waals surface area contributed by atoms with Gasteiger partial charge in [0.1, 0.15) is 17.3 Å². The molecule has 0 atom stereocenters. The Morgan fingerprint density at radius 2 is 1.83 bits per heavy atom. The monoisotopic (exact) mass is 394 g/mol. The van der Waals surface area contributed by atoms with Gasteiger partial charge in [0.05, 0.1) is 7.11 Å². The molecule has 7 heteroatoms. The van der Waals surface area contributed by atoms with Gasteiger partial charge in [-0.15, -0.1) is 0 Å². The summed E-state index contributed by atoms with van der Waals surface area (Å²) < 4.78 is 18.3. The van der Waals surface area contributed by atoms with Gasteiger partial charge < -0.3 is 15.4 Å². The Bertz CT molecular complexity index is 948. The zero-order valence-corrected chi connectivity index (χ0v) is 16.2. The minimum absolute atomic E-state index is 0.274. The Morgan fingerprint density at radius 1 is 1.03 bits per heavy atom. The number of benzene rings is 2. The van der Waals surface area contributed by atoms with E-state index in [0.29, 0.717) is 31.2 Å². The number of aromatic nitrogens is 2. The van der Waals surface area contributed by atoms with Gasteiger partial charge in [0.25, 0.3) is 5.91 Å². The first-order chi connectivity index (χ1) is 14.2. The van der Waals surface area contributed by atoms with Crippen LogP contribution in [0.15, 0.2) is 60.8 Å². The molecule has 3 aromatic rings. The van der Waals surface area contributed by atoms with Crippen molar-refractivity contribution in [2.24, 2.45) is 0 Å². The number of ether oxygens (including phenoxy) is 1. The minimum Gasteiger partial charge on any atom is -0.496 e. The van der Waals surface area contributed by atoms with Gasteiger partial charge in [0.2, 0.25) is 5.95 Å². The SMILES string of the molecule is COc1ccccc1CCNc1nccc(C(=O)NCCc2ccc(F)cc2)n1. The second-order valence-electron chi connectivity index (χ2n) is 6.39. The maximum Gasteiger partial charge on any atom is 0.270 e. The molecule has 2 N–H and O–H groups in total. The number of rotatable bonds is 9. The fourth-order valence-corrected chi connectivity index (χ4v) is 2.85. The number of nitrogens with zero attached hydrogens (tertiary/aromatic N) is 2. The lowest BCUT2D eigenvalue weighted by Crippen LogP contribution is -2.27. The summed E-state index contributed by atoms with van der Waals surface area (Å²) in [5.74, 6) is 0.683. The van der Waals surface area contributed by atoms with Crippen molar-refractivity contribution in [2.75, 3.05) is 25.5 Å². The lowest BCUT2D eigenvalue weighted by Gasteiger charge is -2.10. The van der Waals surface area contributed by atoms with E-state index in [1.54, 1.807) is 31.5 Å². The van der Waals surface area contributed by atoms with Crippen LogP contribution in [0.5, 0.6) is 5.75 Å². The van der Waals surface area contributed by atoms with Crippen LogP contribution in [-0.2, 0) is 12.8 Å². The number of hydrogen-bond acceptors (Lipinski definition) is 5. The largest absolute Gasteiger partial charge is 0.496 e. The van der Waals surface area contributed by atoms with Gasteiger partial charge in [-0.2, -0.15) is 0 Å². The molecule has 0 saturated carbocycles. The van der Waals surface area contributed by atoms with Crippen molar-refractivity contribution in [3.05, 3.63) is 83.4 Å². The van der Waals surface area contributed by atoms with Crippen molar-refractivity contribution in [2.45, 2.75) is 12.8 Å². The number of carbonyl (C=O) groups is 1. The van der Waals surface area contributed by atoms with E-state index >= 15 is 0 Å². The molecule has 150 valence electrons. The normalized spacial score (nSPS) is 10.4. The fourth-order valence-electron chi connectivity index (χ4n) is 2.85. The number of halogens is 1. The van der Waals surface area contributed by atoms with E-state index in [0.717, 1.165) is 23.3 Å². The fraction of sp³-hybridized carbons (Fsp3) is 0.227. The third kappa shape index (κ3) is 6.00. The predicted octanol–water partition coefficient (Wildman–Crippen LogP) is 3.25. The molecule has 0 radical (unpaired) electrons. The quantitative estimate of drug-likeness (QED) is 0.583. The Hall–Kier alpha value is -3.48. The molecule has 0 bridgehead atoms. The lowest BCUT2D eigenvalue weighted by atomic mass is 10.1. The third-order valence-electron chi connectivity index (χ3n) is 4.37. The van der Waals surface area contributed by atoms with Crippen LogP contribution in [0.3, 0.4) is 0 Å². The van der Waals surface area contributed by atoms with Crippen LogP contribution >= 0.6 is 0 Å². The first kappa shape index (κ1) is 20.3. The van der Waals surface area contributed by atoms with Gasteiger partial charge in [-0.05, 0) is 48.2 Å². The maximum absolute atomic E-state index is 12.9. The number of methoxy groups -OCH3 is 1. The van der Waals surface area contributed by atoms with Gasteiger partial charge in [-0.3, -0.25) is 4.79 Å². The maximum atomic E-state index is 12.9. The summed E-state index contributed by atoms with van der Waals surface area (Å²) in [5, 5.41) is 5.95. The predicted molar refractivity (Wildman–Crippen MR) is 110 cm³/mol. The first-order valence-electron chi connectivity index (χ1n) is 9.37. The van der Waals surface area contributed by atoms with Gasteiger partial charge in [0.15, 0.2) is 0 Å². The highest BCUT2D eigenvalue weighted by Crippen LogP contribution is 2.17. The molecular weight excluding hydrogens is 371 g/mol. The van der Waals surface area contributed by atoms with Crippen molar-refractivity contribution >= 4 is 11.9 Å². The number of carbonyl (C=O) groups excluding carboxylic acids is 1. The van der Waals surface area contributed by atoms with Crippen molar-refractivity contribution in [3.63, 3.8) is 0 Å². The minimum atomic E-state index is -0.276. The van der Waals surface area contributed by atoms with Crippen LogP contribution in [-0.4, -0.2) is 36.1 Å². The smallest absolute Gasteiger partial charge is 0.270 e. The van der Waals surface area contributed by atoms with Crippen LogP contribution in [0.4, 0.5) is 10.3 Å². The third-order valence-corrected chi connectivity index (χ3v) is 4.37. The van der Waals surface area contributed by atoms with E-state index in [-0.39, 0.29) is 11.7 Å². The average molecular weight is 394 g/mol. The van der Waals surface area contributed by atoms with E-state index in [2.05, 4.69) is 20.6 Å². The van der Waals surface area contributed by atoms with Crippen molar-refractivity contribution in [3.8, 4) is 5.75 Å². The van der Waals surface area contributed by atoms with Gasteiger partial charge in [-0.1, -0.05) is 30.3 Å². The second kappa shape index (κ2) is 10.2. The second-order valence-corrected chi connectivity index (χ2v) is 6.39. The molecule has 0 unspecified atom stereocenters. The summed E-state index contributed by atoms with van der Waals surface area (Å²) in [4.78, 5) is 20.7. The molecule has 2 aromatic carbocycles. The van der Waals surface area contributed by atoms with Crippen LogP contribution in [0.25, 0.3) is 0 Å². The van der Waals surface area contributed by atoms with Gasteiger partial charge in [-0.25, -0.2) is 14.4 Å². The van der Waals surface area contributed by atoms with Crippen LogP contribution < -0.4 is 15.4 Å². The molecule has 0 aliphatic heterocycles. The topological polar surface area (TPSA) is 76.1 Å². The van der Waals surface area contributed by atoms with E-state index in [1.165, 1.54) is 12.1 Å². The molecule has 1 amide bonds. The highest BCUT2D eigenvalue weighted by atomic mass is 19.1. The van der Waals surface area contributed by atoms with Crippen molar-refractivity contribution in [1.29, 1.82) is 0 Å². The summed E-state index contributed by atoms with van der Waals surface area (Å²) in [5.41, 5.74) is 2.32. The highest BCUT2D eigenvalue weighted by Gasteiger charge is 2.09. The van der Waals surface area contributed by atoms with Crippen molar-refractivity contribution in [1.82, 2.24) is 15.3 Å². The zero-order chi connectivity index (χ0) is 20.5. The van der Waals surface area contributed by atoms with E-state index in [4.69, 9.17) is 4.74 Å². The van der Waals surface area contributed by atoms with Crippen LogP contribution in [0.1, 0.15) is 21.6 Å². The number of nitrogens with one attached hydrogen (secondary N) is 2. The summed E-state index contributed by atoms with van der Waals surface area (Å²) >= 11 is 0. The molecule has 6 nitrogen and oxygen atoms in total. The molecule has 0 aliphatic rings. The number of anilines is 1. The first-order valence-corrected chi connectivity index (χ1v) is 9.37. The molecule has 0 spiro atoms. The molecule has 0 aliphatic carbocycles. The summed E-state index contributed by atoms with van der Waals surface area (Å²) in [6.45, 7) is 1.04. The molecule has 1 heterocycles. The molecule has 3 rings (SSSR count). The highest BCUT2D eigenvalue weighted by molar-refractivity contribution is 5.92. The van der Waals surface area contributed by atoms with Crippen LogP contribution in [0.2, 0.25) is 0 Å². The lowest BCUT2D eigenvalue weighted by molar-refractivity contribution is 0.0949. The van der Waals surface area contributed by atoms with E-state index < -0.39 is 0 Å². The number of amides is 1.